The maximum atomic E-state index is 12.4. The number of para-hydroxylation sites is 1. The van der Waals surface area contributed by atoms with Gasteiger partial charge in [0, 0.05) is 12.7 Å². The van der Waals surface area contributed by atoms with Crippen LogP contribution in [0.15, 0.2) is 65.8 Å². The van der Waals surface area contributed by atoms with E-state index in [1.807, 2.05) is 62.5 Å². The zero-order valence-corrected chi connectivity index (χ0v) is 15.1. The largest absolute Gasteiger partial charge is 0.241 e. The Labute approximate surface area is 148 Å². The highest BCUT2D eigenvalue weighted by atomic mass is 32.2. The first-order valence-electron chi connectivity index (χ1n) is 8.11. The normalized spacial score (nSPS) is 11.6. The third kappa shape index (κ3) is 4.15. The van der Waals surface area contributed by atoms with Crippen LogP contribution in [0.1, 0.15) is 16.7 Å². The molecule has 0 aliphatic heterocycles. The molecule has 130 valence electrons. The fourth-order valence-corrected chi connectivity index (χ4v) is 3.98. The fourth-order valence-electron chi connectivity index (χ4n) is 2.72. The minimum Gasteiger partial charge on any atom is -0.241 e. The second-order valence-electron chi connectivity index (χ2n) is 6.05. The number of nitrogens with one attached hydrogen (secondary N) is 1. The monoisotopic (exact) mass is 355 g/mol. The van der Waals surface area contributed by atoms with Crippen molar-refractivity contribution in [3.8, 4) is 5.69 Å². The highest BCUT2D eigenvalue weighted by Crippen LogP contribution is 2.16. The first kappa shape index (κ1) is 17.4. The lowest BCUT2D eigenvalue weighted by atomic mass is 10.2. The molecule has 0 spiro atoms. The van der Waals surface area contributed by atoms with Crippen molar-refractivity contribution >= 4 is 10.0 Å². The zero-order chi connectivity index (χ0) is 17.9. The molecule has 3 aromatic rings. The van der Waals surface area contributed by atoms with Crippen LogP contribution in [0.2, 0.25) is 0 Å². The first-order valence-corrected chi connectivity index (χ1v) is 9.60. The maximum absolute atomic E-state index is 12.4. The molecule has 0 fully saturated rings. The standard InChI is InChI=1S/C19H21N3O2S/c1-15-8-9-19(16(2)12-15)25(23,24)21-11-10-17-13-20-22(14-17)18-6-4-3-5-7-18/h3-9,12-14,21H,10-11H2,1-2H3. The zero-order valence-electron chi connectivity index (χ0n) is 14.3. The van der Waals surface area contributed by atoms with Gasteiger partial charge in [-0.25, -0.2) is 17.8 Å². The lowest BCUT2D eigenvalue weighted by Crippen LogP contribution is -2.26. The van der Waals surface area contributed by atoms with Gasteiger partial charge in [0.15, 0.2) is 0 Å². The Morgan fingerprint density at radius 2 is 1.84 bits per heavy atom. The molecule has 0 unspecified atom stereocenters. The van der Waals surface area contributed by atoms with Gasteiger partial charge in [-0.2, -0.15) is 5.10 Å². The van der Waals surface area contributed by atoms with Crippen LogP contribution in [0, 0.1) is 13.8 Å². The molecule has 1 heterocycles. The Bertz CT molecular complexity index is 963. The van der Waals surface area contributed by atoms with Crippen molar-refractivity contribution < 1.29 is 8.42 Å². The van der Waals surface area contributed by atoms with Gasteiger partial charge in [-0.3, -0.25) is 0 Å². The van der Waals surface area contributed by atoms with Gasteiger partial charge in [-0.1, -0.05) is 35.9 Å². The van der Waals surface area contributed by atoms with Crippen LogP contribution in [0.25, 0.3) is 5.69 Å². The predicted molar refractivity (Wildman–Crippen MR) is 98.4 cm³/mol. The summed E-state index contributed by atoms with van der Waals surface area (Å²) in [6.45, 7) is 4.09. The highest BCUT2D eigenvalue weighted by molar-refractivity contribution is 7.89. The van der Waals surface area contributed by atoms with E-state index >= 15 is 0 Å². The van der Waals surface area contributed by atoms with E-state index in [4.69, 9.17) is 0 Å². The van der Waals surface area contributed by atoms with Crippen molar-refractivity contribution in [3.05, 3.63) is 77.6 Å². The molecule has 1 aromatic heterocycles. The molecular formula is C19H21N3O2S. The summed E-state index contributed by atoms with van der Waals surface area (Å²) in [6, 6.07) is 15.1. The molecule has 0 radical (unpaired) electrons. The van der Waals surface area contributed by atoms with Crippen molar-refractivity contribution in [2.45, 2.75) is 25.2 Å². The van der Waals surface area contributed by atoms with Gasteiger partial charge < -0.3 is 0 Å². The summed E-state index contributed by atoms with van der Waals surface area (Å²) in [5, 5.41) is 4.32. The molecule has 0 saturated heterocycles. The van der Waals surface area contributed by atoms with Gasteiger partial charge in [0.25, 0.3) is 0 Å². The van der Waals surface area contributed by atoms with Crippen molar-refractivity contribution in [3.63, 3.8) is 0 Å². The second-order valence-corrected chi connectivity index (χ2v) is 7.78. The van der Waals surface area contributed by atoms with Gasteiger partial charge in [-0.15, -0.1) is 0 Å². The molecule has 0 aliphatic rings. The number of nitrogens with zero attached hydrogens (tertiary/aromatic N) is 2. The van der Waals surface area contributed by atoms with E-state index in [9.17, 15) is 8.42 Å². The molecule has 3 rings (SSSR count). The second kappa shape index (κ2) is 7.21. The number of hydrogen-bond donors (Lipinski definition) is 1. The topological polar surface area (TPSA) is 64.0 Å². The summed E-state index contributed by atoms with van der Waals surface area (Å²) in [5.74, 6) is 0. The molecule has 0 aliphatic carbocycles. The van der Waals surface area contributed by atoms with E-state index in [0.29, 0.717) is 17.9 Å². The highest BCUT2D eigenvalue weighted by Gasteiger charge is 2.16. The molecule has 25 heavy (non-hydrogen) atoms. The van der Waals surface area contributed by atoms with Crippen LogP contribution in [0.5, 0.6) is 0 Å². The number of aryl methyl sites for hydroxylation is 2. The minimum atomic E-state index is -3.50. The summed E-state index contributed by atoms with van der Waals surface area (Å²) >= 11 is 0. The number of rotatable bonds is 6. The maximum Gasteiger partial charge on any atom is 0.240 e. The number of aromatic nitrogens is 2. The molecule has 0 saturated carbocycles. The van der Waals surface area contributed by atoms with Crippen LogP contribution in [0.4, 0.5) is 0 Å². The fraction of sp³-hybridized carbons (Fsp3) is 0.211. The summed E-state index contributed by atoms with van der Waals surface area (Å²) in [4.78, 5) is 0.332. The van der Waals surface area contributed by atoms with Gasteiger partial charge in [-0.05, 0) is 49.6 Å². The van der Waals surface area contributed by atoms with Crippen LogP contribution >= 0.6 is 0 Å². The average Bonchev–Trinajstić information content (AvgIpc) is 3.04. The Morgan fingerprint density at radius 3 is 2.56 bits per heavy atom. The molecule has 0 amide bonds. The Kier molecular flexibility index (Phi) is 5.01. The molecule has 0 atom stereocenters. The van der Waals surface area contributed by atoms with E-state index in [0.717, 1.165) is 22.4 Å². The van der Waals surface area contributed by atoms with Crippen molar-refractivity contribution in [2.75, 3.05) is 6.54 Å². The first-order chi connectivity index (χ1) is 12.0. The van der Waals surface area contributed by atoms with E-state index in [1.54, 1.807) is 16.9 Å². The van der Waals surface area contributed by atoms with Crippen molar-refractivity contribution in [2.24, 2.45) is 0 Å². The molecular weight excluding hydrogens is 334 g/mol. The summed E-state index contributed by atoms with van der Waals surface area (Å²) in [5.41, 5.74) is 3.76. The Hall–Kier alpha value is -2.44. The van der Waals surface area contributed by atoms with Crippen molar-refractivity contribution in [1.82, 2.24) is 14.5 Å². The van der Waals surface area contributed by atoms with Crippen LogP contribution in [0.3, 0.4) is 0 Å². The van der Waals surface area contributed by atoms with Gasteiger partial charge in [0.2, 0.25) is 10.0 Å². The molecule has 0 bridgehead atoms. The minimum absolute atomic E-state index is 0.329. The van der Waals surface area contributed by atoms with E-state index in [-0.39, 0.29) is 0 Å². The number of benzene rings is 2. The lowest BCUT2D eigenvalue weighted by Gasteiger charge is -2.09. The quantitative estimate of drug-likeness (QED) is 0.739. The predicted octanol–water partition coefficient (Wildman–Crippen LogP) is 3.01. The molecule has 2 aromatic carbocycles. The summed E-state index contributed by atoms with van der Waals surface area (Å²) < 4.78 is 29.4. The van der Waals surface area contributed by atoms with Gasteiger partial charge in [0.05, 0.1) is 16.8 Å². The van der Waals surface area contributed by atoms with Crippen LogP contribution < -0.4 is 4.72 Å². The summed E-state index contributed by atoms with van der Waals surface area (Å²) in [7, 11) is -3.50. The van der Waals surface area contributed by atoms with Crippen LogP contribution in [-0.4, -0.2) is 24.7 Å². The Morgan fingerprint density at radius 1 is 1.08 bits per heavy atom. The van der Waals surface area contributed by atoms with Crippen LogP contribution in [-0.2, 0) is 16.4 Å². The van der Waals surface area contributed by atoms with E-state index in [1.165, 1.54) is 0 Å². The smallest absolute Gasteiger partial charge is 0.240 e. The van der Waals surface area contributed by atoms with Crippen molar-refractivity contribution in [1.29, 1.82) is 0 Å². The average molecular weight is 355 g/mol. The SMILES string of the molecule is Cc1ccc(S(=O)(=O)NCCc2cnn(-c3ccccc3)c2)c(C)c1. The molecule has 5 nitrogen and oxygen atoms in total. The van der Waals surface area contributed by atoms with Gasteiger partial charge in [0.1, 0.15) is 0 Å². The van der Waals surface area contributed by atoms with E-state index in [2.05, 4.69) is 9.82 Å². The third-order valence-corrected chi connectivity index (χ3v) is 5.60. The Balaban J connectivity index is 1.64. The lowest BCUT2D eigenvalue weighted by molar-refractivity contribution is 0.581. The third-order valence-electron chi connectivity index (χ3n) is 3.98. The number of hydrogen-bond acceptors (Lipinski definition) is 3. The number of sulfonamides is 1. The molecule has 1 N–H and O–H groups in total. The molecule has 6 heteroatoms. The summed E-state index contributed by atoms with van der Waals surface area (Å²) in [6.07, 6.45) is 4.26. The van der Waals surface area contributed by atoms with E-state index < -0.39 is 10.0 Å². The van der Waals surface area contributed by atoms with Gasteiger partial charge >= 0.3 is 0 Å².